The number of nitrogens with one attached hydrogen (secondary N) is 2. The highest BCUT2D eigenvalue weighted by atomic mass is 15.1. The molecule has 0 aliphatic rings. The number of aromatic nitrogens is 3. The topological polar surface area (TPSA) is 86.5 Å². The molecule has 140 valence electrons. The molecule has 6 heteroatoms. The van der Waals surface area contributed by atoms with E-state index in [1.807, 2.05) is 60.7 Å². The lowest BCUT2D eigenvalue weighted by atomic mass is 10.1. The molecule has 2 heterocycles. The second-order valence-corrected chi connectivity index (χ2v) is 6.35. The van der Waals surface area contributed by atoms with Crippen LogP contribution in [0, 0.1) is 11.3 Å². The number of anilines is 3. The van der Waals surface area contributed by atoms with Crippen LogP contribution >= 0.6 is 0 Å². The Labute approximate surface area is 168 Å². The maximum Gasteiger partial charge on any atom is 0.225 e. The van der Waals surface area contributed by atoms with Gasteiger partial charge in [0, 0.05) is 36.3 Å². The molecular formula is C23H18N6. The molecule has 0 spiro atoms. The molecule has 0 aliphatic heterocycles. The van der Waals surface area contributed by atoms with Crippen molar-refractivity contribution in [2.75, 3.05) is 10.6 Å². The summed E-state index contributed by atoms with van der Waals surface area (Å²) in [4.78, 5) is 13.3. The summed E-state index contributed by atoms with van der Waals surface area (Å²) in [6, 6.07) is 25.1. The lowest BCUT2D eigenvalue weighted by molar-refractivity contribution is 1.05. The monoisotopic (exact) mass is 378 g/mol. The third-order valence-electron chi connectivity index (χ3n) is 4.28. The molecule has 2 aromatic heterocycles. The number of hydrogen-bond acceptors (Lipinski definition) is 6. The first-order chi connectivity index (χ1) is 14.3. The third kappa shape index (κ3) is 4.73. The van der Waals surface area contributed by atoms with Gasteiger partial charge in [0.25, 0.3) is 0 Å². The third-order valence-corrected chi connectivity index (χ3v) is 4.28. The second-order valence-electron chi connectivity index (χ2n) is 6.35. The van der Waals surface area contributed by atoms with Crippen molar-refractivity contribution in [2.24, 2.45) is 0 Å². The summed E-state index contributed by atoms with van der Waals surface area (Å²) in [5.74, 6) is 1.19. The average Bonchev–Trinajstić information content (AvgIpc) is 2.79. The van der Waals surface area contributed by atoms with Gasteiger partial charge in [-0.25, -0.2) is 4.98 Å². The quantitative estimate of drug-likeness (QED) is 0.503. The van der Waals surface area contributed by atoms with Crippen LogP contribution in [0.25, 0.3) is 11.3 Å². The van der Waals surface area contributed by atoms with Crippen LogP contribution in [0.4, 0.5) is 17.5 Å². The maximum atomic E-state index is 8.97. The summed E-state index contributed by atoms with van der Waals surface area (Å²) >= 11 is 0. The van der Waals surface area contributed by atoms with Gasteiger partial charge in [0.15, 0.2) is 0 Å². The maximum absolute atomic E-state index is 8.97. The molecule has 0 radical (unpaired) electrons. The molecule has 2 N–H and O–H groups in total. The Balaban J connectivity index is 1.63. The first-order valence-electron chi connectivity index (χ1n) is 9.14. The largest absolute Gasteiger partial charge is 0.350 e. The van der Waals surface area contributed by atoms with Crippen molar-refractivity contribution in [3.8, 4) is 17.3 Å². The van der Waals surface area contributed by atoms with Crippen molar-refractivity contribution in [3.05, 3.63) is 96.3 Å². The number of hydrogen-bond donors (Lipinski definition) is 2. The minimum atomic E-state index is 0.527. The minimum absolute atomic E-state index is 0.527. The molecule has 6 nitrogen and oxygen atoms in total. The Morgan fingerprint density at radius 1 is 0.862 bits per heavy atom. The van der Waals surface area contributed by atoms with Crippen molar-refractivity contribution in [1.82, 2.24) is 15.0 Å². The van der Waals surface area contributed by atoms with Crippen LogP contribution in [0.1, 0.15) is 11.1 Å². The van der Waals surface area contributed by atoms with Gasteiger partial charge in [-0.3, -0.25) is 4.98 Å². The van der Waals surface area contributed by atoms with Crippen LogP contribution < -0.4 is 10.6 Å². The molecule has 0 saturated carbocycles. The van der Waals surface area contributed by atoms with E-state index < -0.39 is 0 Å². The van der Waals surface area contributed by atoms with E-state index in [2.05, 4.69) is 31.7 Å². The Morgan fingerprint density at radius 3 is 2.34 bits per heavy atom. The molecule has 4 rings (SSSR count). The van der Waals surface area contributed by atoms with Crippen molar-refractivity contribution in [2.45, 2.75) is 6.54 Å². The fourth-order valence-electron chi connectivity index (χ4n) is 2.80. The van der Waals surface area contributed by atoms with E-state index in [4.69, 9.17) is 5.26 Å². The van der Waals surface area contributed by atoms with Crippen molar-refractivity contribution in [1.29, 1.82) is 5.26 Å². The van der Waals surface area contributed by atoms with Gasteiger partial charge in [0.1, 0.15) is 5.82 Å². The standard InChI is InChI=1S/C23H18N6/c24-15-17-6-8-20(9-7-17)27-22-14-21(19-4-2-1-3-5-19)28-23(29-22)26-16-18-10-12-25-13-11-18/h1-14H,16H2,(H2,26,27,28,29). The van der Waals surface area contributed by atoms with Crippen LogP contribution in [-0.2, 0) is 6.54 Å². The highest BCUT2D eigenvalue weighted by molar-refractivity contribution is 5.67. The molecule has 0 fully saturated rings. The summed E-state index contributed by atoms with van der Waals surface area (Å²) in [7, 11) is 0. The normalized spacial score (nSPS) is 10.2. The predicted molar refractivity (Wildman–Crippen MR) is 113 cm³/mol. The molecule has 29 heavy (non-hydrogen) atoms. The molecule has 0 atom stereocenters. The SMILES string of the molecule is N#Cc1ccc(Nc2cc(-c3ccccc3)nc(NCc3ccncc3)n2)cc1. The fraction of sp³-hybridized carbons (Fsp3) is 0.0435. The van der Waals surface area contributed by atoms with Gasteiger partial charge in [-0.1, -0.05) is 30.3 Å². The molecule has 0 saturated heterocycles. The van der Waals surface area contributed by atoms with E-state index >= 15 is 0 Å². The van der Waals surface area contributed by atoms with Crippen molar-refractivity contribution >= 4 is 17.5 Å². The van der Waals surface area contributed by atoms with Crippen LogP contribution in [-0.4, -0.2) is 15.0 Å². The van der Waals surface area contributed by atoms with Gasteiger partial charge in [-0.15, -0.1) is 0 Å². The predicted octanol–water partition coefficient (Wildman–Crippen LogP) is 4.77. The van der Waals surface area contributed by atoms with Crippen LogP contribution in [0.15, 0.2) is 85.2 Å². The van der Waals surface area contributed by atoms with Gasteiger partial charge < -0.3 is 10.6 Å². The van der Waals surface area contributed by atoms with Crippen molar-refractivity contribution in [3.63, 3.8) is 0 Å². The summed E-state index contributed by atoms with van der Waals surface area (Å²) < 4.78 is 0. The highest BCUT2D eigenvalue weighted by Crippen LogP contribution is 2.24. The van der Waals surface area contributed by atoms with Crippen LogP contribution in [0.3, 0.4) is 0 Å². The highest BCUT2D eigenvalue weighted by Gasteiger charge is 2.08. The molecular weight excluding hydrogens is 360 g/mol. The number of nitrogens with zero attached hydrogens (tertiary/aromatic N) is 4. The summed E-state index contributed by atoms with van der Waals surface area (Å²) in [5.41, 5.74) is 4.37. The van der Waals surface area contributed by atoms with E-state index in [0.717, 1.165) is 22.5 Å². The molecule has 4 aromatic rings. The second kappa shape index (κ2) is 8.63. The first-order valence-corrected chi connectivity index (χ1v) is 9.14. The zero-order valence-electron chi connectivity index (χ0n) is 15.6. The summed E-state index contributed by atoms with van der Waals surface area (Å²) in [5, 5.41) is 15.5. The lowest BCUT2D eigenvalue weighted by Gasteiger charge is -2.12. The molecule has 2 aromatic carbocycles. The number of benzene rings is 2. The van der Waals surface area contributed by atoms with Gasteiger partial charge in [-0.05, 0) is 42.0 Å². The Hall–Kier alpha value is -4.24. The zero-order valence-corrected chi connectivity index (χ0v) is 15.6. The number of rotatable bonds is 6. The molecule has 0 amide bonds. The zero-order chi connectivity index (χ0) is 19.9. The van der Waals surface area contributed by atoms with Crippen LogP contribution in [0.2, 0.25) is 0 Å². The van der Waals surface area contributed by atoms with Gasteiger partial charge in [0.05, 0.1) is 17.3 Å². The smallest absolute Gasteiger partial charge is 0.225 e. The number of nitriles is 1. The number of pyridine rings is 1. The lowest BCUT2D eigenvalue weighted by Crippen LogP contribution is -2.06. The van der Waals surface area contributed by atoms with Crippen LogP contribution in [0.5, 0.6) is 0 Å². The molecule has 0 unspecified atom stereocenters. The van der Waals surface area contributed by atoms with Crippen molar-refractivity contribution < 1.29 is 0 Å². The minimum Gasteiger partial charge on any atom is -0.350 e. The van der Waals surface area contributed by atoms with E-state index in [1.165, 1.54) is 0 Å². The van der Waals surface area contributed by atoms with Gasteiger partial charge in [-0.2, -0.15) is 10.2 Å². The average molecular weight is 378 g/mol. The summed E-state index contributed by atoms with van der Waals surface area (Å²) in [6.07, 6.45) is 3.52. The first kappa shape index (κ1) is 18.1. The Morgan fingerprint density at radius 2 is 1.62 bits per heavy atom. The van der Waals surface area contributed by atoms with E-state index in [9.17, 15) is 0 Å². The summed E-state index contributed by atoms with van der Waals surface area (Å²) in [6.45, 7) is 0.594. The van der Waals surface area contributed by atoms with E-state index in [0.29, 0.717) is 23.9 Å². The Kier molecular flexibility index (Phi) is 5.40. The Bertz CT molecular complexity index is 1120. The van der Waals surface area contributed by atoms with E-state index in [1.54, 1.807) is 24.5 Å². The molecule has 0 bridgehead atoms. The van der Waals surface area contributed by atoms with E-state index in [-0.39, 0.29) is 0 Å². The molecule has 0 aliphatic carbocycles. The van der Waals surface area contributed by atoms with Gasteiger partial charge in [0.2, 0.25) is 5.95 Å². The van der Waals surface area contributed by atoms with Gasteiger partial charge >= 0.3 is 0 Å². The fourth-order valence-corrected chi connectivity index (χ4v) is 2.80.